The average molecular weight is 306 g/mol. The summed E-state index contributed by atoms with van der Waals surface area (Å²) in [4.78, 5) is 28.1. The van der Waals surface area contributed by atoms with Crippen molar-refractivity contribution in [3.8, 4) is 0 Å². The molecule has 0 bridgehead atoms. The quantitative estimate of drug-likeness (QED) is 0.591. The Morgan fingerprint density at radius 1 is 1.27 bits per heavy atom. The molecule has 1 heterocycles. The molecule has 1 unspecified atom stereocenters. The molecular weight excluding hydrogens is 280 g/mol. The van der Waals surface area contributed by atoms with E-state index in [4.69, 9.17) is 4.74 Å². The number of aromatic nitrogens is 1. The number of carbonyl (C=O) groups excluding carboxylic acids is 2. The van der Waals surface area contributed by atoms with E-state index >= 15 is 0 Å². The first-order valence-corrected chi connectivity index (χ1v) is 7.95. The van der Waals surface area contributed by atoms with Crippen LogP contribution in [0.4, 0.5) is 0 Å². The zero-order valence-electron chi connectivity index (χ0n) is 13.9. The Hall–Kier alpha value is -1.91. The summed E-state index contributed by atoms with van der Waals surface area (Å²) in [5, 5.41) is 2.94. The van der Waals surface area contributed by atoms with Crippen molar-refractivity contribution in [1.29, 1.82) is 0 Å². The van der Waals surface area contributed by atoms with Gasteiger partial charge < -0.3 is 10.1 Å². The molecule has 122 valence electrons. The van der Waals surface area contributed by atoms with Crippen molar-refractivity contribution in [3.05, 3.63) is 29.1 Å². The van der Waals surface area contributed by atoms with Gasteiger partial charge in [0.15, 0.2) is 0 Å². The van der Waals surface area contributed by atoms with Gasteiger partial charge in [-0.05, 0) is 39.3 Å². The maximum atomic E-state index is 12.2. The van der Waals surface area contributed by atoms with E-state index < -0.39 is 5.97 Å². The SMILES string of the molecule is CCCCCC(C)NC(=O)c1ccc(C(=O)OCC)c(C)n1. The first-order chi connectivity index (χ1) is 10.5. The number of rotatable bonds is 8. The molecule has 0 saturated carbocycles. The van der Waals surface area contributed by atoms with Crippen molar-refractivity contribution < 1.29 is 14.3 Å². The summed E-state index contributed by atoms with van der Waals surface area (Å²) in [6.45, 7) is 7.92. The highest BCUT2D eigenvalue weighted by Crippen LogP contribution is 2.10. The second kappa shape index (κ2) is 9.18. The van der Waals surface area contributed by atoms with Crippen LogP contribution in [0, 0.1) is 6.92 Å². The summed E-state index contributed by atoms with van der Waals surface area (Å²) >= 11 is 0. The van der Waals surface area contributed by atoms with Gasteiger partial charge in [-0.3, -0.25) is 4.79 Å². The fraction of sp³-hybridized carbons (Fsp3) is 0.588. The third-order valence-corrected chi connectivity index (χ3v) is 3.43. The third-order valence-electron chi connectivity index (χ3n) is 3.43. The Kier molecular flexibility index (Phi) is 7.57. The van der Waals surface area contributed by atoms with Crippen LogP contribution in [0.1, 0.15) is 73.0 Å². The van der Waals surface area contributed by atoms with Crippen LogP contribution >= 0.6 is 0 Å². The molecule has 0 radical (unpaired) electrons. The third kappa shape index (κ3) is 5.47. The first kappa shape index (κ1) is 18.1. The highest BCUT2D eigenvalue weighted by atomic mass is 16.5. The number of amides is 1. The first-order valence-electron chi connectivity index (χ1n) is 7.95. The number of nitrogens with one attached hydrogen (secondary N) is 1. The minimum Gasteiger partial charge on any atom is -0.462 e. The van der Waals surface area contributed by atoms with E-state index in [0.29, 0.717) is 23.6 Å². The van der Waals surface area contributed by atoms with Crippen LogP contribution in [0.3, 0.4) is 0 Å². The minimum atomic E-state index is -0.410. The number of esters is 1. The molecule has 1 N–H and O–H groups in total. The van der Waals surface area contributed by atoms with Crippen molar-refractivity contribution >= 4 is 11.9 Å². The Balaban J connectivity index is 2.67. The molecule has 5 heteroatoms. The molecule has 1 amide bonds. The van der Waals surface area contributed by atoms with Gasteiger partial charge in [0.05, 0.1) is 17.9 Å². The van der Waals surface area contributed by atoms with Gasteiger partial charge in [-0.2, -0.15) is 0 Å². The number of nitrogens with zero attached hydrogens (tertiary/aromatic N) is 1. The van der Waals surface area contributed by atoms with E-state index in [9.17, 15) is 9.59 Å². The number of ether oxygens (including phenoxy) is 1. The molecule has 1 aromatic heterocycles. The van der Waals surface area contributed by atoms with Crippen molar-refractivity contribution in [2.45, 2.75) is 59.4 Å². The predicted octanol–water partition coefficient (Wildman–Crippen LogP) is 3.27. The van der Waals surface area contributed by atoms with Crippen LogP contribution in [0.2, 0.25) is 0 Å². The van der Waals surface area contributed by atoms with Crippen molar-refractivity contribution in [1.82, 2.24) is 10.3 Å². The standard InChI is InChI=1S/C17H26N2O3/c1-5-7-8-9-12(3)18-16(20)15-11-10-14(13(4)19-15)17(21)22-6-2/h10-12H,5-9H2,1-4H3,(H,18,20). The summed E-state index contributed by atoms with van der Waals surface area (Å²) in [6.07, 6.45) is 4.40. The number of pyridine rings is 1. The van der Waals surface area contributed by atoms with Crippen LogP contribution in [0.15, 0.2) is 12.1 Å². The van der Waals surface area contributed by atoms with E-state index in [1.54, 1.807) is 26.0 Å². The molecule has 0 fully saturated rings. The molecule has 0 aliphatic rings. The zero-order chi connectivity index (χ0) is 16.5. The summed E-state index contributed by atoms with van der Waals surface area (Å²) in [7, 11) is 0. The Morgan fingerprint density at radius 3 is 2.59 bits per heavy atom. The Morgan fingerprint density at radius 2 is 2.00 bits per heavy atom. The van der Waals surface area contributed by atoms with Crippen LogP contribution < -0.4 is 5.32 Å². The van der Waals surface area contributed by atoms with Crippen LogP contribution in [-0.4, -0.2) is 29.5 Å². The number of carbonyl (C=O) groups is 2. The number of hydrogen-bond acceptors (Lipinski definition) is 4. The molecule has 1 atom stereocenters. The maximum absolute atomic E-state index is 12.2. The van der Waals surface area contributed by atoms with Gasteiger partial charge in [0.1, 0.15) is 5.69 Å². The molecule has 1 rings (SSSR count). The van der Waals surface area contributed by atoms with E-state index in [1.807, 2.05) is 6.92 Å². The van der Waals surface area contributed by atoms with E-state index in [1.165, 1.54) is 6.42 Å². The second-order valence-electron chi connectivity index (χ2n) is 5.42. The average Bonchev–Trinajstić information content (AvgIpc) is 2.47. The summed E-state index contributed by atoms with van der Waals surface area (Å²) < 4.78 is 4.95. The number of unbranched alkanes of at least 4 members (excludes halogenated alkanes) is 2. The molecule has 0 spiro atoms. The number of hydrogen-bond donors (Lipinski definition) is 1. The van der Waals surface area contributed by atoms with Gasteiger partial charge in [-0.1, -0.05) is 26.2 Å². The summed E-state index contributed by atoms with van der Waals surface area (Å²) in [6, 6.07) is 3.27. The zero-order valence-corrected chi connectivity index (χ0v) is 13.9. The fourth-order valence-electron chi connectivity index (χ4n) is 2.18. The second-order valence-corrected chi connectivity index (χ2v) is 5.42. The van der Waals surface area contributed by atoms with E-state index in [2.05, 4.69) is 17.2 Å². The van der Waals surface area contributed by atoms with Crippen LogP contribution in [-0.2, 0) is 4.74 Å². The molecule has 0 aliphatic carbocycles. The van der Waals surface area contributed by atoms with Crippen molar-refractivity contribution in [3.63, 3.8) is 0 Å². The lowest BCUT2D eigenvalue weighted by molar-refractivity contribution is 0.0524. The Bertz CT molecular complexity index is 515. The molecule has 22 heavy (non-hydrogen) atoms. The van der Waals surface area contributed by atoms with Gasteiger partial charge in [0, 0.05) is 6.04 Å². The molecular formula is C17H26N2O3. The smallest absolute Gasteiger partial charge is 0.339 e. The normalized spacial score (nSPS) is 11.8. The van der Waals surface area contributed by atoms with Gasteiger partial charge in [0.2, 0.25) is 0 Å². The van der Waals surface area contributed by atoms with Gasteiger partial charge in [0.25, 0.3) is 5.91 Å². The molecule has 0 aliphatic heterocycles. The molecule has 1 aromatic rings. The minimum absolute atomic E-state index is 0.117. The highest BCUT2D eigenvalue weighted by molar-refractivity contribution is 5.95. The topological polar surface area (TPSA) is 68.3 Å². The fourth-order valence-corrected chi connectivity index (χ4v) is 2.18. The lowest BCUT2D eigenvalue weighted by Crippen LogP contribution is -2.33. The summed E-state index contributed by atoms with van der Waals surface area (Å²) in [5.74, 6) is -0.616. The maximum Gasteiger partial charge on any atom is 0.339 e. The monoisotopic (exact) mass is 306 g/mol. The lowest BCUT2D eigenvalue weighted by Gasteiger charge is -2.14. The largest absolute Gasteiger partial charge is 0.462 e. The van der Waals surface area contributed by atoms with Crippen LogP contribution in [0.5, 0.6) is 0 Å². The molecule has 0 saturated heterocycles. The molecule has 0 aromatic carbocycles. The van der Waals surface area contributed by atoms with Gasteiger partial charge in [-0.25, -0.2) is 9.78 Å². The predicted molar refractivity (Wildman–Crippen MR) is 86.0 cm³/mol. The van der Waals surface area contributed by atoms with Gasteiger partial charge >= 0.3 is 5.97 Å². The van der Waals surface area contributed by atoms with Crippen molar-refractivity contribution in [2.24, 2.45) is 0 Å². The van der Waals surface area contributed by atoms with E-state index in [0.717, 1.165) is 19.3 Å². The Labute approximate surface area is 132 Å². The van der Waals surface area contributed by atoms with Crippen molar-refractivity contribution in [2.75, 3.05) is 6.61 Å². The van der Waals surface area contributed by atoms with E-state index in [-0.39, 0.29) is 11.9 Å². The number of aryl methyl sites for hydroxylation is 1. The summed E-state index contributed by atoms with van der Waals surface area (Å²) in [5.41, 5.74) is 1.23. The molecule has 5 nitrogen and oxygen atoms in total. The highest BCUT2D eigenvalue weighted by Gasteiger charge is 2.15. The van der Waals surface area contributed by atoms with Gasteiger partial charge in [-0.15, -0.1) is 0 Å². The lowest BCUT2D eigenvalue weighted by atomic mass is 10.1. The van der Waals surface area contributed by atoms with Crippen LogP contribution in [0.25, 0.3) is 0 Å².